The Morgan fingerprint density at radius 1 is 1.43 bits per heavy atom. The van der Waals surface area contributed by atoms with Gasteiger partial charge < -0.3 is 11.1 Å². The van der Waals surface area contributed by atoms with Gasteiger partial charge in [-0.2, -0.15) is 10.2 Å². The van der Waals surface area contributed by atoms with E-state index in [0.29, 0.717) is 5.69 Å². The molecule has 3 N–H and O–H groups in total. The van der Waals surface area contributed by atoms with Gasteiger partial charge in [0.15, 0.2) is 5.69 Å². The minimum atomic E-state index is -2.76. The van der Waals surface area contributed by atoms with E-state index in [-0.39, 0.29) is 22.4 Å². The molecule has 8 nitrogen and oxygen atoms in total. The molecule has 0 aliphatic heterocycles. The summed E-state index contributed by atoms with van der Waals surface area (Å²) in [7, 11) is 1.56. The summed E-state index contributed by atoms with van der Waals surface area (Å²) in [5.41, 5.74) is 5.17. The van der Waals surface area contributed by atoms with E-state index in [2.05, 4.69) is 31.4 Å². The number of primary amides is 1. The zero-order chi connectivity index (χ0) is 17.3. The maximum absolute atomic E-state index is 12.8. The van der Waals surface area contributed by atoms with Crippen LogP contribution in [0.3, 0.4) is 0 Å². The third kappa shape index (κ3) is 3.55. The minimum absolute atomic E-state index is 0.0903. The number of carbonyl (C=O) groups excluding carboxylic acids is 2. The molecule has 2 aromatic heterocycles. The topological polar surface area (TPSA) is 108 Å². The van der Waals surface area contributed by atoms with Gasteiger partial charge >= 0.3 is 0 Å². The quantitative estimate of drug-likeness (QED) is 0.803. The number of hydrogen-bond donors (Lipinski definition) is 2. The molecular weight excluding hydrogens is 378 g/mol. The highest BCUT2D eigenvalue weighted by Gasteiger charge is 2.22. The lowest BCUT2D eigenvalue weighted by Gasteiger charge is -2.06. The monoisotopic (exact) mass is 390 g/mol. The second-order valence-electron chi connectivity index (χ2n) is 4.72. The first-order chi connectivity index (χ1) is 10.7. The maximum Gasteiger partial charge on any atom is 0.283 e. The molecule has 11 heteroatoms. The molecule has 0 bridgehead atoms. The summed E-state index contributed by atoms with van der Waals surface area (Å²) in [5, 5.41) is 9.99. The van der Waals surface area contributed by atoms with Gasteiger partial charge in [-0.25, -0.2) is 8.78 Å². The van der Waals surface area contributed by atoms with Gasteiger partial charge in [-0.05, 0) is 22.9 Å². The predicted molar refractivity (Wildman–Crippen MR) is 80.0 cm³/mol. The van der Waals surface area contributed by atoms with Crippen LogP contribution in [0.4, 0.5) is 14.5 Å². The lowest BCUT2D eigenvalue weighted by Crippen LogP contribution is -2.22. The molecule has 0 unspecified atom stereocenters. The highest BCUT2D eigenvalue weighted by atomic mass is 79.9. The summed E-state index contributed by atoms with van der Waals surface area (Å²) < 4.78 is 28.2. The van der Waals surface area contributed by atoms with Crippen LogP contribution in [0.25, 0.3) is 0 Å². The normalized spacial score (nSPS) is 11.0. The molecule has 0 aliphatic rings. The third-order valence-corrected chi connectivity index (χ3v) is 3.97. The molecule has 0 saturated heterocycles. The summed E-state index contributed by atoms with van der Waals surface area (Å²) >= 11 is 3.02. The first-order valence-electron chi connectivity index (χ1n) is 6.35. The molecule has 0 aromatic carbocycles. The van der Waals surface area contributed by atoms with Crippen molar-refractivity contribution in [3.05, 3.63) is 27.8 Å². The molecular formula is C12H13BrF2N6O2. The fraction of sp³-hybridized carbons (Fsp3) is 0.333. The maximum atomic E-state index is 12.8. The fourth-order valence-corrected chi connectivity index (χ4v) is 2.39. The highest BCUT2D eigenvalue weighted by Crippen LogP contribution is 2.28. The second-order valence-corrected chi connectivity index (χ2v) is 5.51. The van der Waals surface area contributed by atoms with Crippen LogP contribution >= 0.6 is 15.9 Å². The van der Waals surface area contributed by atoms with Crippen molar-refractivity contribution in [1.29, 1.82) is 0 Å². The Morgan fingerprint density at radius 2 is 2.09 bits per heavy atom. The van der Waals surface area contributed by atoms with Crippen molar-refractivity contribution in [3.63, 3.8) is 0 Å². The number of amides is 2. The summed E-state index contributed by atoms with van der Waals surface area (Å²) in [6.07, 6.45) is -1.35. The summed E-state index contributed by atoms with van der Waals surface area (Å²) in [6, 6.07) is 0. The van der Waals surface area contributed by atoms with Crippen molar-refractivity contribution >= 4 is 33.4 Å². The number of aromatic nitrogens is 4. The van der Waals surface area contributed by atoms with Crippen LogP contribution in [0.5, 0.6) is 0 Å². The van der Waals surface area contributed by atoms with E-state index in [1.54, 1.807) is 14.0 Å². The Morgan fingerprint density at radius 3 is 2.61 bits per heavy atom. The van der Waals surface area contributed by atoms with E-state index in [9.17, 15) is 18.4 Å². The largest absolute Gasteiger partial charge is 0.364 e. The Bertz CT molecular complexity index is 770. The van der Waals surface area contributed by atoms with Crippen LogP contribution in [0, 0.1) is 6.92 Å². The molecule has 23 heavy (non-hydrogen) atoms. The van der Waals surface area contributed by atoms with Crippen LogP contribution in [0.1, 0.15) is 28.3 Å². The average molecular weight is 391 g/mol. The van der Waals surface area contributed by atoms with E-state index < -0.39 is 23.9 Å². The molecule has 2 amide bonds. The Labute approximate surface area is 137 Å². The van der Waals surface area contributed by atoms with E-state index in [4.69, 9.17) is 5.73 Å². The van der Waals surface area contributed by atoms with Crippen molar-refractivity contribution in [1.82, 2.24) is 19.6 Å². The van der Waals surface area contributed by atoms with Gasteiger partial charge in [0.1, 0.15) is 12.2 Å². The molecule has 0 fully saturated rings. The van der Waals surface area contributed by atoms with Crippen LogP contribution in [-0.4, -0.2) is 31.4 Å². The first kappa shape index (κ1) is 17.1. The molecule has 2 aromatic rings. The lowest BCUT2D eigenvalue weighted by molar-refractivity contribution is -0.117. The van der Waals surface area contributed by atoms with Gasteiger partial charge in [-0.15, -0.1) is 0 Å². The molecule has 0 atom stereocenters. The number of nitrogens with one attached hydrogen (secondary N) is 1. The number of hydrogen-bond acceptors (Lipinski definition) is 4. The van der Waals surface area contributed by atoms with Crippen molar-refractivity contribution in [2.75, 3.05) is 5.32 Å². The Balaban J connectivity index is 2.18. The molecule has 0 saturated carbocycles. The van der Waals surface area contributed by atoms with Crippen LogP contribution in [-0.2, 0) is 18.4 Å². The Kier molecular flexibility index (Phi) is 4.78. The SMILES string of the molecule is Cc1c(Br)c(C(F)F)nn1CC(=O)Nc1cn(C)nc1C(N)=O. The molecule has 2 rings (SSSR count). The van der Waals surface area contributed by atoms with Crippen molar-refractivity contribution in [3.8, 4) is 0 Å². The fourth-order valence-electron chi connectivity index (χ4n) is 1.93. The van der Waals surface area contributed by atoms with Crippen LogP contribution in [0.15, 0.2) is 10.7 Å². The van der Waals surface area contributed by atoms with Gasteiger partial charge in [0.25, 0.3) is 12.3 Å². The number of anilines is 1. The molecule has 0 radical (unpaired) electrons. The van der Waals surface area contributed by atoms with Gasteiger partial charge in [0.2, 0.25) is 5.91 Å². The second kappa shape index (κ2) is 6.44. The summed E-state index contributed by atoms with van der Waals surface area (Å²) in [5.74, 6) is -1.35. The lowest BCUT2D eigenvalue weighted by atomic mass is 10.3. The van der Waals surface area contributed by atoms with Crippen LogP contribution < -0.4 is 11.1 Å². The molecule has 0 spiro atoms. The van der Waals surface area contributed by atoms with E-state index in [1.807, 2.05) is 0 Å². The predicted octanol–water partition coefficient (Wildman–Crippen LogP) is 1.36. The van der Waals surface area contributed by atoms with E-state index in [0.717, 1.165) is 4.68 Å². The molecule has 0 aliphatic carbocycles. The van der Waals surface area contributed by atoms with Gasteiger partial charge in [0.05, 0.1) is 15.9 Å². The number of alkyl halides is 2. The molecule has 2 heterocycles. The first-order valence-corrected chi connectivity index (χ1v) is 7.14. The van der Waals surface area contributed by atoms with Gasteiger partial charge in [0, 0.05) is 13.2 Å². The minimum Gasteiger partial charge on any atom is -0.364 e. The molecule has 124 valence electrons. The number of rotatable bonds is 5. The summed E-state index contributed by atoms with van der Waals surface area (Å²) in [4.78, 5) is 23.3. The van der Waals surface area contributed by atoms with Crippen molar-refractivity contribution in [2.24, 2.45) is 12.8 Å². The number of nitrogens with zero attached hydrogens (tertiary/aromatic N) is 4. The van der Waals surface area contributed by atoms with Gasteiger partial charge in [-0.3, -0.25) is 19.0 Å². The van der Waals surface area contributed by atoms with E-state index >= 15 is 0 Å². The smallest absolute Gasteiger partial charge is 0.283 e. The zero-order valence-electron chi connectivity index (χ0n) is 12.2. The van der Waals surface area contributed by atoms with Crippen molar-refractivity contribution in [2.45, 2.75) is 19.9 Å². The zero-order valence-corrected chi connectivity index (χ0v) is 13.8. The highest BCUT2D eigenvalue weighted by molar-refractivity contribution is 9.10. The van der Waals surface area contributed by atoms with Gasteiger partial charge in [-0.1, -0.05) is 0 Å². The standard InChI is InChI=1S/C12H13BrF2N6O2/c1-5-8(13)10(11(14)15)19-21(5)4-7(22)17-6-3-20(2)18-9(6)12(16)23/h3,11H,4H2,1-2H3,(H2,16,23)(H,17,22). The summed E-state index contributed by atoms with van der Waals surface area (Å²) in [6.45, 7) is 1.25. The van der Waals surface area contributed by atoms with Crippen LogP contribution in [0.2, 0.25) is 0 Å². The Hall–Kier alpha value is -2.30. The number of nitrogens with two attached hydrogens (primary N) is 1. The number of halogens is 3. The number of carbonyl (C=O) groups is 2. The third-order valence-electron chi connectivity index (χ3n) is 2.99. The van der Waals surface area contributed by atoms with Crippen molar-refractivity contribution < 1.29 is 18.4 Å². The average Bonchev–Trinajstić information content (AvgIpc) is 2.93. The number of aryl methyl sites for hydroxylation is 1. The van der Waals surface area contributed by atoms with E-state index in [1.165, 1.54) is 10.9 Å².